The number of amides is 2. The quantitative estimate of drug-likeness (QED) is 0.210. The summed E-state index contributed by atoms with van der Waals surface area (Å²) in [5.74, 6) is -0.553. The molecule has 2 aromatic carbocycles. The van der Waals surface area contributed by atoms with E-state index in [-0.39, 0.29) is 43.4 Å². The van der Waals surface area contributed by atoms with Crippen LogP contribution >= 0.6 is 11.3 Å². The van der Waals surface area contributed by atoms with E-state index in [1.54, 1.807) is 36.0 Å². The molecular formula is C32H37N5O6S2. The molecule has 1 aliphatic rings. The molecule has 13 heteroatoms. The second-order valence-corrected chi connectivity index (χ2v) is 14.1. The molecule has 1 saturated heterocycles. The Kier molecular flexibility index (Phi) is 10.4. The van der Waals surface area contributed by atoms with Crippen LogP contribution in [-0.4, -0.2) is 82.6 Å². The van der Waals surface area contributed by atoms with Crippen LogP contribution < -0.4 is 5.32 Å². The third-order valence-electron chi connectivity index (χ3n) is 7.89. The molecule has 2 N–H and O–H groups in total. The Morgan fingerprint density at radius 1 is 1.13 bits per heavy atom. The van der Waals surface area contributed by atoms with Crippen LogP contribution in [0.4, 0.5) is 4.79 Å². The standard InChI is InChI=1S/C32H37N5O6S2/c1-3-22(2)17-37(45(41,42)25-12-13-26-30(16-25)44-21-34-26)19-28(38)27(15-23-9-5-4-6-10-23)35-31(39)29-20-36(32(40)43-29)18-24-11-7-8-14-33-24/h4-14,16,21-22,27-29,38H,3,15,17-20H2,1-2H3,(H,35,39)/t22-,27?,28-,29?/m1/s1. The monoisotopic (exact) mass is 651 g/mol. The van der Waals surface area contributed by atoms with Crippen LogP contribution in [0.1, 0.15) is 31.5 Å². The summed E-state index contributed by atoms with van der Waals surface area (Å²) in [5, 5.41) is 14.5. The summed E-state index contributed by atoms with van der Waals surface area (Å²) >= 11 is 1.35. The summed E-state index contributed by atoms with van der Waals surface area (Å²) in [6, 6.07) is 18.6. The van der Waals surface area contributed by atoms with Gasteiger partial charge in [0.15, 0.2) is 6.10 Å². The van der Waals surface area contributed by atoms with Crippen LogP contribution in [0, 0.1) is 5.92 Å². The highest BCUT2D eigenvalue weighted by atomic mass is 32.2. The zero-order valence-electron chi connectivity index (χ0n) is 25.2. The summed E-state index contributed by atoms with van der Waals surface area (Å²) in [5.41, 5.74) is 3.88. The van der Waals surface area contributed by atoms with Gasteiger partial charge >= 0.3 is 6.09 Å². The highest BCUT2D eigenvalue weighted by Gasteiger charge is 2.38. The van der Waals surface area contributed by atoms with E-state index in [4.69, 9.17) is 4.74 Å². The number of ether oxygens (including phenoxy) is 1. The predicted octanol–water partition coefficient (Wildman–Crippen LogP) is 3.84. The molecule has 1 aliphatic heterocycles. The number of carbonyl (C=O) groups excluding carboxylic acids is 2. The van der Waals surface area contributed by atoms with Gasteiger partial charge in [-0.05, 0) is 48.2 Å². The van der Waals surface area contributed by atoms with Gasteiger partial charge in [-0.3, -0.25) is 14.7 Å². The highest BCUT2D eigenvalue weighted by Crippen LogP contribution is 2.26. The van der Waals surface area contributed by atoms with Crippen molar-refractivity contribution in [2.75, 3.05) is 19.6 Å². The van der Waals surface area contributed by atoms with Gasteiger partial charge in [0.25, 0.3) is 5.91 Å². The summed E-state index contributed by atoms with van der Waals surface area (Å²) in [6.07, 6.45) is -0.415. The van der Waals surface area contributed by atoms with Crippen LogP contribution in [0.2, 0.25) is 0 Å². The van der Waals surface area contributed by atoms with E-state index in [0.717, 1.165) is 16.7 Å². The van der Waals surface area contributed by atoms with Crippen molar-refractivity contribution in [2.45, 2.75) is 56.4 Å². The molecule has 4 atom stereocenters. The van der Waals surface area contributed by atoms with Crippen LogP contribution in [0.25, 0.3) is 10.2 Å². The number of nitrogens with zero attached hydrogens (tertiary/aromatic N) is 4. The minimum atomic E-state index is -4.01. The molecular weight excluding hydrogens is 615 g/mol. The second kappa shape index (κ2) is 14.5. The van der Waals surface area contributed by atoms with Crippen molar-refractivity contribution in [1.82, 2.24) is 24.5 Å². The van der Waals surface area contributed by atoms with Gasteiger partial charge in [-0.25, -0.2) is 18.2 Å². The number of aromatic nitrogens is 2. The van der Waals surface area contributed by atoms with Crippen molar-refractivity contribution >= 4 is 43.6 Å². The number of hydrogen-bond acceptors (Lipinski definition) is 9. The highest BCUT2D eigenvalue weighted by molar-refractivity contribution is 7.89. The van der Waals surface area contributed by atoms with Gasteiger partial charge in [0.2, 0.25) is 10.0 Å². The number of carbonyl (C=O) groups is 2. The fourth-order valence-corrected chi connectivity index (χ4v) is 7.51. The lowest BCUT2D eigenvalue weighted by Crippen LogP contribution is -2.53. The van der Waals surface area contributed by atoms with Crippen molar-refractivity contribution in [3.8, 4) is 0 Å². The van der Waals surface area contributed by atoms with Gasteiger partial charge in [-0.2, -0.15) is 4.31 Å². The molecule has 2 amide bonds. The first-order valence-corrected chi connectivity index (χ1v) is 17.2. The third kappa shape index (κ3) is 8.03. The fraction of sp³-hybridized carbons (Fsp3) is 0.375. The average molecular weight is 652 g/mol. The SMILES string of the molecule is CC[C@@H](C)CN(C[C@@H](O)C(Cc1ccccc1)NC(=O)C1CN(Cc2ccccn2)C(=O)O1)S(=O)(=O)c1ccc2ncsc2c1. The molecule has 5 rings (SSSR count). The van der Waals surface area contributed by atoms with Gasteiger partial charge < -0.3 is 15.2 Å². The van der Waals surface area contributed by atoms with Gasteiger partial charge in [0.1, 0.15) is 0 Å². The van der Waals surface area contributed by atoms with Gasteiger partial charge in [0.05, 0.1) is 51.6 Å². The number of thiazole rings is 1. The summed E-state index contributed by atoms with van der Waals surface area (Å²) in [6.45, 7) is 4.08. The van der Waals surface area contributed by atoms with Crippen molar-refractivity contribution in [3.05, 3.63) is 89.7 Å². The largest absolute Gasteiger partial charge is 0.434 e. The number of aliphatic hydroxyl groups excluding tert-OH is 1. The predicted molar refractivity (Wildman–Crippen MR) is 171 cm³/mol. The lowest BCUT2D eigenvalue weighted by molar-refractivity contribution is -0.129. The molecule has 0 radical (unpaired) electrons. The minimum absolute atomic E-state index is 0.0178. The molecule has 2 aromatic heterocycles. The molecule has 1 fully saturated rings. The maximum absolute atomic E-state index is 14.0. The Labute approximate surface area is 266 Å². The average Bonchev–Trinajstić information content (AvgIpc) is 3.67. The molecule has 238 valence electrons. The van der Waals surface area contributed by atoms with Crippen LogP contribution in [0.5, 0.6) is 0 Å². The number of pyridine rings is 1. The third-order valence-corrected chi connectivity index (χ3v) is 10.5. The van der Waals surface area contributed by atoms with Gasteiger partial charge in [-0.15, -0.1) is 11.3 Å². The molecule has 4 aromatic rings. The number of sulfonamides is 1. The molecule has 0 aliphatic carbocycles. The first-order valence-electron chi connectivity index (χ1n) is 14.8. The Hall–Kier alpha value is -3.91. The number of rotatable bonds is 14. The van der Waals surface area contributed by atoms with E-state index in [0.29, 0.717) is 11.2 Å². The van der Waals surface area contributed by atoms with Crippen molar-refractivity contribution in [1.29, 1.82) is 0 Å². The maximum atomic E-state index is 14.0. The van der Waals surface area contributed by atoms with E-state index in [1.807, 2.05) is 50.2 Å². The topological polar surface area (TPSA) is 142 Å². The van der Waals surface area contributed by atoms with E-state index < -0.39 is 40.3 Å². The fourth-order valence-electron chi connectivity index (χ4n) is 5.12. The smallest absolute Gasteiger partial charge is 0.411 e. The number of aliphatic hydroxyl groups is 1. The zero-order chi connectivity index (χ0) is 32.0. The first kappa shape index (κ1) is 32.5. The Morgan fingerprint density at radius 3 is 2.64 bits per heavy atom. The number of cyclic esters (lactones) is 1. The lowest BCUT2D eigenvalue weighted by atomic mass is 10.0. The lowest BCUT2D eigenvalue weighted by Gasteiger charge is -2.31. The normalized spacial score (nSPS) is 17.3. The summed E-state index contributed by atoms with van der Waals surface area (Å²) in [4.78, 5) is 36.0. The molecule has 2 unspecified atom stereocenters. The molecule has 0 bridgehead atoms. The molecule has 11 nitrogen and oxygen atoms in total. The molecule has 0 saturated carbocycles. The van der Waals surface area contributed by atoms with Crippen LogP contribution in [0.15, 0.2) is 83.3 Å². The van der Waals surface area contributed by atoms with Crippen LogP contribution in [-0.2, 0) is 32.5 Å². The Bertz CT molecular complexity index is 1700. The number of fused-ring (bicyclic) bond motifs is 1. The van der Waals surface area contributed by atoms with Crippen LogP contribution in [0.3, 0.4) is 0 Å². The minimum Gasteiger partial charge on any atom is -0.434 e. The van der Waals surface area contributed by atoms with Crippen molar-refractivity contribution in [3.63, 3.8) is 0 Å². The number of hydrogen-bond donors (Lipinski definition) is 2. The van der Waals surface area contributed by atoms with E-state index in [1.165, 1.54) is 26.6 Å². The van der Waals surface area contributed by atoms with Crippen molar-refractivity contribution < 1.29 is 27.9 Å². The van der Waals surface area contributed by atoms with E-state index in [9.17, 15) is 23.1 Å². The van der Waals surface area contributed by atoms with Crippen molar-refractivity contribution in [2.24, 2.45) is 5.92 Å². The summed E-state index contributed by atoms with van der Waals surface area (Å²) in [7, 11) is -4.01. The molecule has 0 spiro atoms. The number of nitrogens with one attached hydrogen (secondary N) is 1. The Morgan fingerprint density at radius 2 is 1.91 bits per heavy atom. The Balaban J connectivity index is 1.35. The second-order valence-electron chi connectivity index (χ2n) is 11.3. The first-order chi connectivity index (χ1) is 21.6. The van der Waals surface area contributed by atoms with Gasteiger partial charge in [0, 0.05) is 19.3 Å². The van der Waals surface area contributed by atoms with Gasteiger partial charge in [-0.1, -0.05) is 56.7 Å². The zero-order valence-corrected chi connectivity index (χ0v) is 26.8. The molecule has 3 heterocycles. The van der Waals surface area contributed by atoms with E-state index >= 15 is 0 Å². The summed E-state index contributed by atoms with van der Waals surface area (Å²) < 4.78 is 35.4. The van der Waals surface area contributed by atoms with E-state index in [2.05, 4.69) is 15.3 Å². The number of benzene rings is 2. The maximum Gasteiger partial charge on any atom is 0.411 e. The molecule has 45 heavy (non-hydrogen) atoms.